The predicted octanol–water partition coefficient (Wildman–Crippen LogP) is 3.10. The molecule has 0 bridgehead atoms. The van der Waals surface area contributed by atoms with Gasteiger partial charge in [-0.25, -0.2) is 0 Å². The quantitative estimate of drug-likeness (QED) is 0.645. The van der Waals surface area contributed by atoms with Gasteiger partial charge in [-0.05, 0) is 24.1 Å². The van der Waals surface area contributed by atoms with Crippen LogP contribution in [0.15, 0.2) is 18.2 Å². The predicted molar refractivity (Wildman–Crippen MR) is 59.2 cm³/mol. The summed E-state index contributed by atoms with van der Waals surface area (Å²) in [7, 11) is 0. The molecule has 98 valence electrons. The Kier molecular flexibility index (Phi) is 4.30. The van der Waals surface area contributed by atoms with Crippen LogP contribution in [0, 0.1) is 10.8 Å². The molecule has 2 N–H and O–H groups in total. The molecule has 0 unspecified atom stereocenters. The molecule has 0 saturated carbocycles. The minimum atomic E-state index is -4.78. The molecule has 0 saturated heterocycles. The van der Waals surface area contributed by atoms with E-state index < -0.39 is 18.0 Å². The van der Waals surface area contributed by atoms with Crippen molar-refractivity contribution < 1.29 is 22.6 Å². The number of ether oxygens (including phenoxy) is 2. The first kappa shape index (κ1) is 14.0. The fraction of sp³-hybridized carbons (Fsp3) is 0.273. The Morgan fingerprint density at radius 1 is 1.39 bits per heavy atom. The van der Waals surface area contributed by atoms with Crippen LogP contribution in [-0.2, 0) is 11.2 Å². The summed E-state index contributed by atoms with van der Waals surface area (Å²) in [6.45, 7) is 1.79. The highest BCUT2D eigenvalue weighted by Crippen LogP contribution is 2.25. The maximum atomic E-state index is 12.1. The molecule has 0 spiro atoms. The SMILES string of the molecule is CCc1ccc(OC(F)(F)F)cc1C(=N)OC=N. The lowest BCUT2D eigenvalue weighted by Crippen LogP contribution is -2.18. The van der Waals surface area contributed by atoms with E-state index in [1.807, 2.05) is 0 Å². The maximum Gasteiger partial charge on any atom is 0.573 e. The lowest BCUT2D eigenvalue weighted by Gasteiger charge is -2.12. The monoisotopic (exact) mass is 260 g/mol. The van der Waals surface area contributed by atoms with Crippen molar-refractivity contribution >= 4 is 12.3 Å². The molecule has 1 aromatic carbocycles. The highest BCUT2D eigenvalue weighted by atomic mass is 19.4. The van der Waals surface area contributed by atoms with Gasteiger partial charge in [-0.3, -0.25) is 10.8 Å². The zero-order valence-corrected chi connectivity index (χ0v) is 9.47. The summed E-state index contributed by atoms with van der Waals surface area (Å²) in [4.78, 5) is 0. The van der Waals surface area contributed by atoms with Gasteiger partial charge in [-0.2, -0.15) is 0 Å². The van der Waals surface area contributed by atoms with Gasteiger partial charge in [0.15, 0.2) is 6.40 Å². The van der Waals surface area contributed by atoms with Crippen molar-refractivity contribution in [1.29, 1.82) is 10.8 Å². The van der Waals surface area contributed by atoms with E-state index in [-0.39, 0.29) is 5.56 Å². The highest BCUT2D eigenvalue weighted by Gasteiger charge is 2.31. The molecular formula is C11H11F3N2O2. The lowest BCUT2D eigenvalue weighted by atomic mass is 10.0. The Hall–Kier alpha value is -2.05. The summed E-state index contributed by atoms with van der Waals surface area (Å²) in [5.41, 5.74) is 0.805. The van der Waals surface area contributed by atoms with Gasteiger partial charge < -0.3 is 9.47 Å². The number of aryl methyl sites for hydroxylation is 1. The van der Waals surface area contributed by atoms with Crippen molar-refractivity contribution in [3.63, 3.8) is 0 Å². The molecule has 4 nitrogen and oxygen atoms in total. The van der Waals surface area contributed by atoms with Crippen LogP contribution < -0.4 is 4.74 Å². The zero-order valence-electron chi connectivity index (χ0n) is 9.47. The summed E-state index contributed by atoms with van der Waals surface area (Å²) < 4.78 is 44.5. The Balaban J connectivity index is 3.09. The molecule has 0 amide bonds. The van der Waals surface area contributed by atoms with E-state index in [1.165, 1.54) is 12.1 Å². The Morgan fingerprint density at radius 2 is 2.06 bits per heavy atom. The van der Waals surface area contributed by atoms with E-state index in [9.17, 15) is 13.2 Å². The van der Waals surface area contributed by atoms with E-state index >= 15 is 0 Å². The van der Waals surface area contributed by atoms with Gasteiger partial charge in [0.1, 0.15) is 5.75 Å². The second-order valence-corrected chi connectivity index (χ2v) is 3.29. The Labute approximate surface area is 101 Å². The first-order valence-corrected chi connectivity index (χ1v) is 5.00. The molecule has 0 aliphatic heterocycles. The van der Waals surface area contributed by atoms with Crippen LogP contribution in [0.25, 0.3) is 0 Å². The van der Waals surface area contributed by atoms with Crippen LogP contribution in [0.4, 0.5) is 13.2 Å². The largest absolute Gasteiger partial charge is 0.573 e. The number of hydrogen-bond donors (Lipinski definition) is 2. The van der Waals surface area contributed by atoms with E-state index in [0.717, 1.165) is 6.07 Å². The minimum absolute atomic E-state index is 0.169. The molecule has 0 heterocycles. The van der Waals surface area contributed by atoms with Crippen LogP contribution >= 0.6 is 0 Å². The molecule has 0 aromatic heterocycles. The number of hydrogen-bond acceptors (Lipinski definition) is 4. The number of nitrogens with one attached hydrogen (secondary N) is 2. The first-order chi connectivity index (χ1) is 8.37. The molecule has 0 fully saturated rings. The molecule has 1 rings (SSSR count). The number of rotatable bonds is 4. The molecule has 7 heteroatoms. The average molecular weight is 260 g/mol. The summed E-state index contributed by atoms with van der Waals surface area (Å²) in [6, 6.07) is 3.67. The van der Waals surface area contributed by atoms with Gasteiger partial charge in [0, 0.05) is 5.56 Å². The smallest absolute Gasteiger partial charge is 0.428 e. The number of halogens is 3. The van der Waals surface area contributed by atoms with Gasteiger partial charge in [0.25, 0.3) is 0 Å². The van der Waals surface area contributed by atoms with Gasteiger partial charge in [0.2, 0.25) is 5.90 Å². The van der Waals surface area contributed by atoms with Crippen molar-refractivity contribution in [3.8, 4) is 5.75 Å². The van der Waals surface area contributed by atoms with Gasteiger partial charge in [-0.1, -0.05) is 13.0 Å². The summed E-state index contributed by atoms with van der Waals surface area (Å²) in [5, 5.41) is 14.2. The van der Waals surface area contributed by atoms with Gasteiger partial charge in [-0.15, -0.1) is 13.2 Å². The third kappa shape index (κ3) is 3.76. The Morgan fingerprint density at radius 3 is 2.56 bits per heavy atom. The van der Waals surface area contributed by atoms with Crippen LogP contribution in [0.2, 0.25) is 0 Å². The van der Waals surface area contributed by atoms with Crippen LogP contribution in [0.3, 0.4) is 0 Å². The van der Waals surface area contributed by atoms with E-state index in [4.69, 9.17) is 10.8 Å². The molecule has 18 heavy (non-hydrogen) atoms. The standard InChI is InChI=1S/C11H11F3N2O2/c1-2-7-3-4-8(18-11(12,13)14)5-9(7)10(16)17-6-15/h3-6,15-16H,2H2,1H3. The second kappa shape index (κ2) is 5.52. The van der Waals surface area contributed by atoms with Crippen molar-refractivity contribution in [2.45, 2.75) is 19.7 Å². The lowest BCUT2D eigenvalue weighted by molar-refractivity contribution is -0.274. The second-order valence-electron chi connectivity index (χ2n) is 3.29. The average Bonchev–Trinajstić information content (AvgIpc) is 2.27. The summed E-state index contributed by atoms with van der Waals surface area (Å²) in [5.74, 6) is -0.817. The first-order valence-electron chi connectivity index (χ1n) is 5.00. The molecule has 0 aliphatic rings. The molecule has 0 atom stereocenters. The third-order valence-electron chi connectivity index (χ3n) is 2.12. The topological polar surface area (TPSA) is 66.2 Å². The van der Waals surface area contributed by atoms with Crippen molar-refractivity contribution in [2.75, 3.05) is 0 Å². The van der Waals surface area contributed by atoms with Crippen LogP contribution in [0.1, 0.15) is 18.1 Å². The Bertz CT molecular complexity index is 458. The normalized spacial score (nSPS) is 10.9. The fourth-order valence-electron chi connectivity index (χ4n) is 1.39. The van der Waals surface area contributed by atoms with Gasteiger partial charge >= 0.3 is 6.36 Å². The van der Waals surface area contributed by atoms with Crippen molar-refractivity contribution in [3.05, 3.63) is 29.3 Å². The van der Waals surface area contributed by atoms with E-state index in [2.05, 4.69) is 9.47 Å². The molecular weight excluding hydrogens is 249 g/mol. The zero-order chi connectivity index (χ0) is 13.8. The van der Waals surface area contributed by atoms with Crippen LogP contribution in [0.5, 0.6) is 5.75 Å². The molecule has 1 aromatic rings. The van der Waals surface area contributed by atoms with Crippen LogP contribution in [-0.4, -0.2) is 18.7 Å². The number of benzene rings is 1. The summed E-state index contributed by atoms with van der Waals surface area (Å²) in [6.07, 6.45) is -3.72. The van der Waals surface area contributed by atoms with Crippen molar-refractivity contribution in [2.24, 2.45) is 0 Å². The highest BCUT2D eigenvalue weighted by molar-refractivity contribution is 5.97. The molecule has 0 aliphatic carbocycles. The minimum Gasteiger partial charge on any atom is -0.428 e. The van der Waals surface area contributed by atoms with E-state index in [1.54, 1.807) is 6.92 Å². The van der Waals surface area contributed by atoms with Gasteiger partial charge in [0.05, 0.1) is 0 Å². The van der Waals surface area contributed by atoms with E-state index in [0.29, 0.717) is 18.4 Å². The fourth-order valence-corrected chi connectivity index (χ4v) is 1.39. The molecule has 0 radical (unpaired) electrons. The third-order valence-corrected chi connectivity index (χ3v) is 2.12. The number of alkyl halides is 3. The van der Waals surface area contributed by atoms with Crippen molar-refractivity contribution in [1.82, 2.24) is 0 Å². The summed E-state index contributed by atoms with van der Waals surface area (Å²) >= 11 is 0. The maximum absolute atomic E-state index is 12.1.